The summed E-state index contributed by atoms with van der Waals surface area (Å²) in [6, 6.07) is 7.27. The fourth-order valence-electron chi connectivity index (χ4n) is 1.54. The number of aliphatic hydroxyl groups is 1. The zero-order valence-electron chi connectivity index (χ0n) is 9.52. The summed E-state index contributed by atoms with van der Waals surface area (Å²) in [5, 5.41) is 8.85. The maximum absolute atomic E-state index is 12.0. The summed E-state index contributed by atoms with van der Waals surface area (Å²) in [4.78, 5) is 13.6. The molecule has 1 aromatic rings. The lowest BCUT2D eigenvalue weighted by Crippen LogP contribution is -2.33. The summed E-state index contributed by atoms with van der Waals surface area (Å²) < 4.78 is 0. The highest BCUT2D eigenvalue weighted by Crippen LogP contribution is 2.08. The first-order valence-corrected chi connectivity index (χ1v) is 5.42. The molecule has 88 valence electrons. The summed E-state index contributed by atoms with van der Waals surface area (Å²) in [5.74, 6) is -0.0631. The van der Waals surface area contributed by atoms with Crippen molar-refractivity contribution in [3.05, 3.63) is 35.4 Å². The third kappa shape index (κ3) is 3.05. The quantitative estimate of drug-likeness (QED) is 0.766. The van der Waals surface area contributed by atoms with Crippen LogP contribution >= 0.6 is 0 Å². The Bertz CT molecular complexity index is 353. The van der Waals surface area contributed by atoms with Crippen molar-refractivity contribution in [1.29, 1.82) is 0 Å². The molecule has 0 saturated heterocycles. The van der Waals surface area contributed by atoms with Gasteiger partial charge in [-0.15, -0.1) is 0 Å². The van der Waals surface area contributed by atoms with Gasteiger partial charge in [0.1, 0.15) is 0 Å². The Morgan fingerprint density at radius 1 is 1.50 bits per heavy atom. The molecule has 0 atom stereocenters. The number of likely N-dealkylation sites (N-methyl/N-ethyl adjacent to an activating group) is 1. The molecule has 1 rings (SSSR count). The summed E-state index contributed by atoms with van der Waals surface area (Å²) in [6.45, 7) is 3.25. The predicted molar refractivity (Wildman–Crippen MR) is 63.0 cm³/mol. The maximum atomic E-state index is 12.0. The molecule has 0 fully saturated rings. The third-order valence-corrected chi connectivity index (χ3v) is 2.45. The highest BCUT2D eigenvalue weighted by molar-refractivity contribution is 5.94. The predicted octanol–water partition coefficient (Wildman–Crippen LogP) is 0.600. The number of nitrogens with zero attached hydrogens (tertiary/aromatic N) is 1. The van der Waals surface area contributed by atoms with Gasteiger partial charge >= 0.3 is 0 Å². The molecule has 0 heterocycles. The van der Waals surface area contributed by atoms with Crippen LogP contribution in [0.2, 0.25) is 0 Å². The molecule has 0 aliphatic heterocycles. The van der Waals surface area contributed by atoms with Gasteiger partial charge < -0.3 is 15.7 Å². The molecule has 0 aliphatic carbocycles. The first-order valence-electron chi connectivity index (χ1n) is 5.42. The van der Waals surface area contributed by atoms with Crippen LogP contribution in [-0.4, -0.2) is 35.6 Å². The molecule has 1 amide bonds. The zero-order valence-corrected chi connectivity index (χ0v) is 9.52. The van der Waals surface area contributed by atoms with Crippen LogP contribution in [0.5, 0.6) is 0 Å². The Morgan fingerprint density at radius 2 is 2.25 bits per heavy atom. The molecule has 0 bridgehead atoms. The minimum absolute atomic E-state index is 0.0177. The largest absolute Gasteiger partial charge is 0.395 e. The Balaban J connectivity index is 2.85. The number of nitrogens with two attached hydrogens (primary N) is 1. The number of amides is 1. The molecule has 1 aromatic carbocycles. The fraction of sp³-hybridized carbons (Fsp3) is 0.417. The summed E-state index contributed by atoms with van der Waals surface area (Å²) in [6.07, 6.45) is 0. The third-order valence-electron chi connectivity index (χ3n) is 2.45. The van der Waals surface area contributed by atoms with Crippen LogP contribution in [0.15, 0.2) is 24.3 Å². The lowest BCUT2D eigenvalue weighted by atomic mass is 10.1. The van der Waals surface area contributed by atoms with Gasteiger partial charge in [-0.05, 0) is 24.6 Å². The van der Waals surface area contributed by atoms with E-state index in [0.29, 0.717) is 25.2 Å². The second kappa shape index (κ2) is 6.25. The van der Waals surface area contributed by atoms with Gasteiger partial charge in [0.15, 0.2) is 0 Å². The minimum atomic E-state index is -0.0631. The lowest BCUT2D eigenvalue weighted by Gasteiger charge is -2.19. The average Bonchev–Trinajstić information content (AvgIpc) is 2.35. The van der Waals surface area contributed by atoms with Crippen molar-refractivity contribution < 1.29 is 9.90 Å². The standard InChI is InChI=1S/C12H18N2O2/c1-2-14(6-7-15)12(16)11-5-3-4-10(8-11)9-13/h3-5,8,15H,2,6-7,9,13H2,1H3. The Hall–Kier alpha value is -1.39. The molecule has 4 nitrogen and oxygen atoms in total. The number of rotatable bonds is 5. The van der Waals surface area contributed by atoms with Gasteiger partial charge in [-0.1, -0.05) is 12.1 Å². The van der Waals surface area contributed by atoms with Crippen molar-refractivity contribution in [3.63, 3.8) is 0 Å². The first kappa shape index (κ1) is 12.7. The second-order valence-corrected chi connectivity index (χ2v) is 3.51. The number of hydrogen-bond acceptors (Lipinski definition) is 3. The number of carbonyl (C=O) groups is 1. The SMILES string of the molecule is CCN(CCO)C(=O)c1cccc(CN)c1. The Morgan fingerprint density at radius 3 is 2.81 bits per heavy atom. The van der Waals surface area contributed by atoms with Crippen molar-refractivity contribution >= 4 is 5.91 Å². The summed E-state index contributed by atoms with van der Waals surface area (Å²) in [5.41, 5.74) is 7.08. The van der Waals surface area contributed by atoms with E-state index in [4.69, 9.17) is 10.8 Å². The van der Waals surface area contributed by atoms with Crippen LogP contribution in [-0.2, 0) is 6.54 Å². The normalized spacial score (nSPS) is 10.2. The van der Waals surface area contributed by atoms with E-state index in [-0.39, 0.29) is 12.5 Å². The van der Waals surface area contributed by atoms with Crippen LogP contribution in [0.25, 0.3) is 0 Å². The van der Waals surface area contributed by atoms with Crippen molar-refractivity contribution in [2.24, 2.45) is 5.73 Å². The van der Waals surface area contributed by atoms with Crippen LogP contribution in [0.3, 0.4) is 0 Å². The molecule has 0 aromatic heterocycles. The summed E-state index contributed by atoms with van der Waals surface area (Å²) in [7, 11) is 0. The zero-order chi connectivity index (χ0) is 12.0. The number of carbonyl (C=O) groups excluding carboxylic acids is 1. The topological polar surface area (TPSA) is 66.6 Å². The molecule has 3 N–H and O–H groups in total. The maximum Gasteiger partial charge on any atom is 0.253 e. The summed E-state index contributed by atoms with van der Waals surface area (Å²) >= 11 is 0. The van der Waals surface area contributed by atoms with E-state index < -0.39 is 0 Å². The second-order valence-electron chi connectivity index (χ2n) is 3.51. The average molecular weight is 222 g/mol. The van der Waals surface area contributed by atoms with Gasteiger partial charge in [-0.25, -0.2) is 0 Å². The van der Waals surface area contributed by atoms with E-state index in [1.54, 1.807) is 17.0 Å². The monoisotopic (exact) mass is 222 g/mol. The van der Waals surface area contributed by atoms with E-state index in [0.717, 1.165) is 5.56 Å². The smallest absolute Gasteiger partial charge is 0.253 e. The highest BCUT2D eigenvalue weighted by Gasteiger charge is 2.13. The number of aliphatic hydroxyl groups excluding tert-OH is 1. The minimum Gasteiger partial charge on any atom is -0.395 e. The van der Waals surface area contributed by atoms with Gasteiger partial charge in [-0.3, -0.25) is 4.79 Å². The van der Waals surface area contributed by atoms with Crippen molar-refractivity contribution in [2.75, 3.05) is 19.7 Å². The van der Waals surface area contributed by atoms with Crippen LogP contribution in [0.1, 0.15) is 22.8 Å². The van der Waals surface area contributed by atoms with Gasteiger partial charge in [0.05, 0.1) is 6.61 Å². The van der Waals surface area contributed by atoms with Gasteiger partial charge in [-0.2, -0.15) is 0 Å². The van der Waals surface area contributed by atoms with Crippen molar-refractivity contribution in [2.45, 2.75) is 13.5 Å². The van der Waals surface area contributed by atoms with Crippen molar-refractivity contribution in [1.82, 2.24) is 4.90 Å². The molecule has 0 unspecified atom stereocenters. The van der Waals surface area contributed by atoms with E-state index >= 15 is 0 Å². The Labute approximate surface area is 95.7 Å². The van der Waals surface area contributed by atoms with E-state index in [2.05, 4.69) is 0 Å². The van der Waals surface area contributed by atoms with E-state index in [1.165, 1.54) is 0 Å². The molecular weight excluding hydrogens is 204 g/mol. The van der Waals surface area contributed by atoms with Crippen LogP contribution in [0.4, 0.5) is 0 Å². The number of benzene rings is 1. The Kier molecular flexibility index (Phi) is 4.95. The molecule has 16 heavy (non-hydrogen) atoms. The fourth-order valence-corrected chi connectivity index (χ4v) is 1.54. The highest BCUT2D eigenvalue weighted by atomic mass is 16.3. The van der Waals surface area contributed by atoms with E-state index in [9.17, 15) is 4.79 Å². The van der Waals surface area contributed by atoms with Gasteiger partial charge in [0.2, 0.25) is 0 Å². The van der Waals surface area contributed by atoms with E-state index in [1.807, 2.05) is 19.1 Å². The first-order chi connectivity index (χ1) is 7.72. The van der Waals surface area contributed by atoms with Crippen LogP contribution in [0, 0.1) is 0 Å². The lowest BCUT2D eigenvalue weighted by molar-refractivity contribution is 0.0732. The van der Waals surface area contributed by atoms with Gasteiger partial charge in [0.25, 0.3) is 5.91 Å². The van der Waals surface area contributed by atoms with Gasteiger partial charge in [0, 0.05) is 25.2 Å². The van der Waals surface area contributed by atoms with Crippen LogP contribution < -0.4 is 5.73 Å². The molecule has 0 saturated carbocycles. The molecule has 0 radical (unpaired) electrons. The molecule has 4 heteroatoms. The molecule has 0 spiro atoms. The van der Waals surface area contributed by atoms with Crippen molar-refractivity contribution in [3.8, 4) is 0 Å². The molecular formula is C12H18N2O2. The molecule has 0 aliphatic rings. The number of hydrogen-bond donors (Lipinski definition) is 2.